The van der Waals surface area contributed by atoms with Crippen molar-refractivity contribution in [3.05, 3.63) is 35.9 Å². The highest BCUT2D eigenvalue weighted by Crippen LogP contribution is 2.14. The van der Waals surface area contributed by atoms with Crippen molar-refractivity contribution in [3.8, 4) is 0 Å². The summed E-state index contributed by atoms with van der Waals surface area (Å²) in [7, 11) is 0. The summed E-state index contributed by atoms with van der Waals surface area (Å²) in [5.41, 5.74) is 1.12. The molecule has 1 aliphatic heterocycles. The largest absolute Gasteiger partial charge is 0.364 e. The van der Waals surface area contributed by atoms with Crippen molar-refractivity contribution in [3.63, 3.8) is 0 Å². The minimum Gasteiger partial charge on any atom is -0.364 e. The molecule has 0 bridgehead atoms. The van der Waals surface area contributed by atoms with Gasteiger partial charge in [-0.25, -0.2) is 0 Å². The lowest BCUT2D eigenvalue weighted by atomic mass is 10.1. The quantitative estimate of drug-likeness (QED) is 0.817. The molecule has 1 unspecified atom stereocenters. The van der Waals surface area contributed by atoms with E-state index >= 15 is 0 Å². The Hall–Kier alpha value is -1.19. The Kier molecular flexibility index (Phi) is 4.50. The van der Waals surface area contributed by atoms with Gasteiger partial charge in [0.15, 0.2) is 5.78 Å². The zero-order valence-electron chi connectivity index (χ0n) is 11.1. The number of likely N-dealkylation sites (tertiary alicyclic amines) is 1. The van der Waals surface area contributed by atoms with Crippen LogP contribution in [0.4, 0.5) is 0 Å². The SMILES string of the molecule is CC(C)N1CCC(=O)C(OCc2ccccc2)C1. The highest BCUT2D eigenvalue weighted by molar-refractivity contribution is 5.84. The van der Waals surface area contributed by atoms with Crippen molar-refractivity contribution in [2.24, 2.45) is 0 Å². The van der Waals surface area contributed by atoms with E-state index in [4.69, 9.17) is 4.74 Å². The number of nitrogens with zero attached hydrogens (tertiary/aromatic N) is 1. The Morgan fingerprint density at radius 2 is 2.06 bits per heavy atom. The van der Waals surface area contributed by atoms with Crippen molar-refractivity contribution in [2.75, 3.05) is 13.1 Å². The third-order valence-electron chi connectivity index (χ3n) is 3.43. The van der Waals surface area contributed by atoms with E-state index in [0.29, 0.717) is 19.1 Å². The highest BCUT2D eigenvalue weighted by atomic mass is 16.5. The van der Waals surface area contributed by atoms with Crippen LogP contribution in [0.3, 0.4) is 0 Å². The Labute approximate surface area is 109 Å². The fourth-order valence-corrected chi connectivity index (χ4v) is 2.21. The summed E-state index contributed by atoms with van der Waals surface area (Å²) in [6.45, 7) is 6.42. The molecule has 1 atom stereocenters. The molecule has 1 aliphatic rings. The van der Waals surface area contributed by atoms with Crippen molar-refractivity contribution < 1.29 is 9.53 Å². The lowest BCUT2D eigenvalue weighted by Crippen LogP contribution is -2.48. The molecule has 1 aromatic rings. The van der Waals surface area contributed by atoms with E-state index in [9.17, 15) is 4.79 Å². The third kappa shape index (κ3) is 3.40. The van der Waals surface area contributed by atoms with Gasteiger partial charge in [-0.05, 0) is 19.4 Å². The molecule has 3 heteroatoms. The van der Waals surface area contributed by atoms with Crippen LogP contribution in [0.1, 0.15) is 25.8 Å². The first-order chi connectivity index (χ1) is 8.66. The molecule has 1 aromatic carbocycles. The first kappa shape index (κ1) is 13.2. The van der Waals surface area contributed by atoms with Gasteiger partial charge in [-0.15, -0.1) is 0 Å². The van der Waals surface area contributed by atoms with Gasteiger partial charge >= 0.3 is 0 Å². The number of piperidine rings is 1. The lowest BCUT2D eigenvalue weighted by molar-refractivity contribution is -0.137. The number of Topliss-reactive ketones (excluding diaryl/α,β-unsaturated/α-hetero) is 1. The van der Waals surface area contributed by atoms with Crippen LogP contribution in [0.2, 0.25) is 0 Å². The molecule has 0 N–H and O–H groups in total. The normalized spacial score (nSPS) is 21.5. The molecule has 3 nitrogen and oxygen atoms in total. The highest BCUT2D eigenvalue weighted by Gasteiger charge is 2.28. The number of rotatable bonds is 4. The van der Waals surface area contributed by atoms with E-state index in [1.807, 2.05) is 30.3 Å². The number of carbonyl (C=O) groups is 1. The van der Waals surface area contributed by atoms with Crippen molar-refractivity contribution in [2.45, 2.75) is 39.0 Å². The lowest BCUT2D eigenvalue weighted by Gasteiger charge is -2.34. The average molecular weight is 247 g/mol. The summed E-state index contributed by atoms with van der Waals surface area (Å²) in [4.78, 5) is 14.1. The van der Waals surface area contributed by atoms with Gasteiger partial charge in [0.05, 0.1) is 6.61 Å². The molecule has 2 rings (SSSR count). The molecule has 0 saturated carbocycles. The number of carbonyl (C=O) groups excluding carboxylic acids is 1. The van der Waals surface area contributed by atoms with Gasteiger partial charge in [-0.3, -0.25) is 9.69 Å². The van der Waals surface area contributed by atoms with Gasteiger partial charge in [0.2, 0.25) is 0 Å². The van der Waals surface area contributed by atoms with Crippen LogP contribution in [0.5, 0.6) is 0 Å². The van der Waals surface area contributed by atoms with E-state index in [1.165, 1.54) is 0 Å². The summed E-state index contributed by atoms with van der Waals surface area (Å²) in [5, 5.41) is 0. The molecule has 0 radical (unpaired) electrons. The zero-order valence-corrected chi connectivity index (χ0v) is 11.1. The molecular weight excluding hydrogens is 226 g/mol. The van der Waals surface area contributed by atoms with E-state index in [2.05, 4.69) is 18.7 Å². The van der Waals surface area contributed by atoms with E-state index in [-0.39, 0.29) is 11.9 Å². The Balaban J connectivity index is 1.89. The van der Waals surface area contributed by atoms with Gasteiger partial charge in [0.1, 0.15) is 6.10 Å². The van der Waals surface area contributed by atoms with Gasteiger partial charge in [0, 0.05) is 25.6 Å². The topological polar surface area (TPSA) is 29.5 Å². The standard InChI is InChI=1S/C15H21NO2/c1-12(2)16-9-8-14(17)15(10-16)18-11-13-6-4-3-5-7-13/h3-7,12,15H,8-11H2,1-2H3. The van der Waals surface area contributed by atoms with Crippen molar-refractivity contribution in [1.29, 1.82) is 0 Å². The first-order valence-electron chi connectivity index (χ1n) is 6.59. The van der Waals surface area contributed by atoms with E-state index < -0.39 is 0 Å². The predicted molar refractivity (Wildman–Crippen MR) is 71.4 cm³/mol. The van der Waals surface area contributed by atoms with Gasteiger partial charge < -0.3 is 4.74 Å². The van der Waals surface area contributed by atoms with Crippen LogP contribution in [0.25, 0.3) is 0 Å². The maximum absolute atomic E-state index is 11.8. The molecule has 0 spiro atoms. The van der Waals surface area contributed by atoms with Gasteiger partial charge in [-0.1, -0.05) is 30.3 Å². The van der Waals surface area contributed by atoms with Crippen LogP contribution in [0, 0.1) is 0 Å². The van der Waals surface area contributed by atoms with Crippen molar-refractivity contribution in [1.82, 2.24) is 4.90 Å². The summed E-state index contributed by atoms with van der Waals surface area (Å²) in [5.74, 6) is 0.239. The van der Waals surface area contributed by atoms with Crippen LogP contribution < -0.4 is 0 Å². The zero-order chi connectivity index (χ0) is 13.0. The molecule has 98 valence electrons. The second-order valence-electron chi connectivity index (χ2n) is 5.09. The molecule has 0 aliphatic carbocycles. The van der Waals surface area contributed by atoms with E-state index in [0.717, 1.165) is 18.7 Å². The van der Waals surface area contributed by atoms with Gasteiger partial charge in [0.25, 0.3) is 0 Å². The van der Waals surface area contributed by atoms with Crippen LogP contribution in [0.15, 0.2) is 30.3 Å². The maximum Gasteiger partial charge on any atom is 0.164 e. The summed E-state index contributed by atoms with van der Waals surface area (Å²) >= 11 is 0. The maximum atomic E-state index is 11.8. The number of hydrogen-bond donors (Lipinski definition) is 0. The Morgan fingerprint density at radius 1 is 1.33 bits per heavy atom. The molecule has 1 saturated heterocycles. The fourth-order valence-electron chi connectivity index (χ4n) is 2.21. The smallest absolute Gasteiger partial charge is 0.164 e. The second kappa shape index (κ2) is 6.12. The fraction of sp³-hybridized carbons (Fsp3) is 0.533. The average Bonchev–Trinajstić information content (AvgIpc) is 2.38. The molecular formula is C15H21NO2. The van der Waals surface area contributed by atoms with Crippen molar-refractivity contribution >= 4 is 5.78 Å². The molecule has 0 amide bonds. The summed E-state index contributed by atoms with van der Waals surface area (Å²) < 4.78 is 5.77. The molecule has 18 heavy (non-hydrogen) atoms. The summed E-state index contributed by atoms with van der Waals surface area (Å²) in [6, 6.07) is 10.5. The molecule has 1 heterocycles. The monoisotopic (exact) mass is 247 g/mol. The summed E-state index contributed by atoms with van der Waals surface area (Å²) in [6.07, 6.45) is 0.346. The first-order valence-corrected chi connectivity index (χ1v) is 6.59. The number of ketones is 1. The van der Waals surface area contributed by atoms with E-state index in [1.54, 1.807) is 0 Å². The number of ether oxygens (including phenoxy) is 1. The van der Waals surface area contributed by atoms with Crippen LogP contribution >= 0.6 is 0 Å². The number of hydrogen-bond acceptors (Lipinski definition) is 3. The van der Waals surface area contributed by atoms with Crippen LogP contribution in [-0.2, 0) is 16.1 Å². The van der Waals surface area contributed by atoms with Crippen LogP contribution in [-0.4, -0.2) is 35.9 Å². The van der Waals surface area contributed by atoms with Gasteiger partial charge in [-0.2, -0.15) is 0 Å². The second-order valence-corrected chi connectivity index (χ2v) is 5.09. The third-order valence-corrected chi connectivity index (χ3v) is 3.43. The Bertz CT molecular complexity index is 389. The minimum atomic E-state index is -0.263. The minimum absolute atomic E-state index is 0.239. The molecule has 1 fully saturated rings. The Morgan fingerprint density at radius 3 is 2.72 bits per heavy atom. The molecule has 0 aromatic heterocycles. The predicted octanol–water partition coefficient (Wildman–Crippen LogP) is 2.25. The number of benzene rings is 1.